The van der Waals surface area contributed by atoms with Gasteiger partial charge in [-0.15, -0.1) is 0 Å². The van der Waals surface area contributed by atoms with E-state index in [1.165, 1.54) is 16.3 Å². The smallest absolute Gasteiger partial charge is 0.0593 e. The highest BCUT2D eigenvalue weighted by Crippen LogP contribution is 2.16. The van der Waals surface area contributed by atoms with Crippen LogP contribution in [-0.2, 0) is 11.3 Å². The first-order valence-corrected chi connectivity index (χ1v) is 7.02. The third-order valence-electron chi connectivity index (χ3n) is 3.17. The topological polar surface area (TPSA) is 37.4 Å². The number of likely N-dealkylation sites (N-methyl/N-ethyl adjacent to an activating group) is 1. The molecule has 0 spiro atoms. The molecule has 0 unspecified atom stereocenters. The minimum absolute atomic E-state index is 0.742. The van der Waals surface area contributed by atoms with Crippen LogP contribution in [0.25, 0.3) is 10.8 Å². The number of pyridine rings is 1. The van der Waals surface area contributed by atoms with Gasteiger partial charge in [-0.1, -0.05) is 24.3 Å². The molecule has 0 radical (unpaired) electrons. The van der Waals surface area contributed by atoms with E-state index in [-0.39, 0.29) is 0 Å². The Morgan fingerprint density at radius 2 is 2.00 bits per heavy atom. The lowest BCUT2D eigenvalue weighted by Crippen LogP contribution is -2.23. The Bertz CT molecular complexity index is 523. The fourth-order valence-electron chi connectivity index (χ4n) is 2.04. The van der Waals surface area contributed by atoms with Crippen molar-refractivity contribution in [3.05, 3.63) is 42.2 Å². The molecule has 108 valence electrons. The molecule has 4 nitrogen and oxygen atoms in total. The molecule has 0 bridgehead atoms. The molecule has 0 aliphatic carbocycles. The molecule has 0 aliphatic heterocycles. The van der Waals surface area contributed by atoms with Gasteiger partial charge in [0.25, 0.3) is 0 Å². The second-order valence-corrected chi connectivity index (χ2v) is 5.11. The van der Waals surface area contributed by atoms with E-state index in [2.05, 4.69) is 47.5 Å². The lowest BCUT2D eigenvalue weighted by atomic mass is 10.1. The van der Waals surface area contributed by atoms with E-state index < -0.39 is 0 Å². The van der Waals surface area contributed by atoms with Crippen molar-refractivity contribution in [2.45, 2.75) is 6.54 Å². The highest BCUT2D eigenvalue weighted by molar-refractivity contribution is 5.84. The van der Waals surface area contributed by atoms with Crippen LogP contribution in [0.2, 0.25) is 0 Å². The highest BCUT2D eigenvalue weighted by Gasteiger charge is 2.00. The summed E-state index contributed by atoms with van der Waals surface area (Å²) in [5.74, 6) is 0. The van der Waals surface area contributed by atoms with Crippen molar-refractivity contribution < 1.29 is 4.74 Å². The summed E-state index contributed by atoms with van der Waals surface area (Å²) < 4.78 is 5.55. The van der Waals surface area contributed by atoms with E-state index in [9.17, 15) is 0 Å². The maximum Gasteiger partial charge on any atom is 0.0593 e. The van der Waals surface area contributed by atoms with Crippen LogP contribution in [0.15, 0.2) is 36.7 Å². The number of aromatic nitrogens is 1. The van der Waals surface area contributed by atoms with Gasteiger partial charge in [-0.25, -0.2) is 0 Å². The normalized spacial score (nSPS) is 11.3. The number of nitrogens with one attached hydrogen (secondary N) is 1. The number of hydrogen-bond acceptors (Lipinski definition) is 4. The van der Waals surface area contributed by atoms with Crippen molar-refractivity contribution in [1.82, 2.24) is 15.2 Å². The van der Waals surface area contributed by atoms with Gasteiger partial charge in [-0.3, -0.25) is 4.98 Å². The number of fused-ring (bicyclic) bond motifs is 1. The second-order valence-electron chi connectivity index (χ2n) is 5.11. The molecule has 0 fully saturated rings. The minimum Gasteiger partial charge on any atom is -0.379 e. The molecular formula is C16H23N3O. The zero-order valence-corrected chi connectivity index (χ0v) is 12.3. The first kappa shape index (κ1) is 14.9. The molecule has 0 aliphatic rings. The quantitative estimate of drug-likeness (QED) is 0.746. The molecule has 0 atom stereocenters. The molecule has 2 aromatic rings. The van der Waals surface area contributed by atoms with E-state index in [1.54, 1.807) is 0 Å². The van der Waals surface area contributed by atoms with E-state index >= 15 is 0 Å². The number of nitrogens with zero attached hydrogens (tertiary/aromatic N) is 2. The van der Waals surface area contributed by atoms with Crippen LogP contribution in [0.4, 0.5) is 0 Å². The summed E-state index contributed by atoms with van der Waals surface area (Å²) in [4.78, 5) is 6.40. The lowest BCUT2D eigenvalue weighted by Gasteiger charge is -2.10. The number of rotatable bonds is 8. The van der Waals surface area contributed by atoms with Crippen LogP contribution in [0.1, 0.15) is 5.56 Å². The van der Waals surface area contributed by atoms with Crippen molar-refractivity contribution in [1.29, 1.82) is 0 Å². The fraction of sp³-hybridized carbons (Fsp3) is 0.438. The minimum atomic E-state index is 0.742. The third-order valence-corrected chi connectivity index (χ3v) is 3.17. The number of ether oxygens (including phenoxy) is 1. The molecule has 0 saturated carbocycles. The number of benzene rings is 1. The standard InChI is InChI=1S/C16H23N3O/c1-19(2)8-10-20-9-7-17-12-15-13-18-11-14-5-3-4-6-16(14)15/h3-6,11,13,17H,7-10,12H2,1-2H3. The Kier molecular flexibility index (Phi) is 5.92. The summed E-state index contributed by atoms with van der Waals surface area (Å²) in [5, 5.41) is 5.86. The Hall–Kier alpha value is -1.49. The third kappa shape index (κ3) is 4.56. The summed E-state index contributed by atoms with van der Waals surface area (Å²) >= 11 is 0. The molecular weight excluding hydrogens is 250 g/mol. The van der Waals surface area contributed by atoms with Crippen molar-refractivity contribution >= 4 is 10.8 Å². The van der Waals surface area contributed by atoms with E-state index in [4.69, 9.17) is 4.74 Å². The lowest BCUT2D eigenvalue weighted by molar-refractivity contribution is 0.119. The van der Waals surface area contributed by atoms with Crippen molar-refractivity contribution in [2.24, 2.45) is 0 Å². The molecule has 4 heteroatoms. The van der Waals surface area contributed by atoms with Crippen LogP contribution < -0.4 is 5.32 Å². The first-order chi connectivity index (χ1) is 9.77. The van der Waals surface area contributed by atoms with E-state index in [0.717, 1.165) is 32.8 Å². The molecule has 1 heterocycles. The van der Waals surface area contributed by atoms with Crippen LogP contribution in [0, 0.1) is 0 Å². The van der Waals surface area contributed by atoms with Crippen LogP contribution >= 0.6 is 0 Å². The van der Waals surface area contributed by atoms with Crippen LogP contribution in [-0.4, -0.2) is 50.3 Å². The van der Waals surface area contributed by atoms with Gasteiger partial charge in [0.05, 0.1) is 13.2 Å². The van der Waals surface area contributed by atoms with Crippen LogP contribution in [0.5, 0.6) is 0 Å². The SMILES string of the molecule is CN(C)CCOCCNCc1cncc2ccccc12. The molecule has 1 N–H and O–H groups in total. The predicted octanol–water partition coefficient (Wildman–Crippen LogP) is 1.90. The summed E-state index contributed by atoms with van der Waals surface area (Å²) in [6.07, 6.45) is 3.84. The molecule has 20 heavy (non-hydrogen) atoms. The summed E-state index contributed by atoms with van der Waals surface area (Å²) in [6, 6.07) is 8.34. The summed E-state index contributed by atoms with van der Waals surface area (Å²) in [7, 11) is 4.10. The monoisotopic (exact) mass is 273 g/mol. The van der Waals surface area contributed by atoms with Gasteiger partial charge >= 0.3 is 0 Å². The average molecular weight is 273 g/mol. The Labute approximate surface area is 120 Å². The van der Waals surface area contributed by atoms with Gasteiger partial charge in [0.1, 0.15) is 0 Å². The zero-order valence-electron chi connectivity index (χ0n) is 12.3. The van der Waals surface area contributed by atoms with E-state index in [1.807, 2.05) is 18.5 Å². The fourth-order valence-corrected chi connectivity index (χ4v) is 2.04. The molecule has 1 aromatic heterocycles. The second kappa shape index (κ2) is 7.94. The van der Waals surface area contributed by atoms with Gasteiger partial charge in [0, 0.05) is 37.4 Å². The molecule has 0 saturated heterocycles. The average Bonchev–Trinajstić information content (AvgIpc) is 2.46. The van der Waals surface area contributed by atoms with Gasteiger partial charge in [-0.2, -0.15) is 0 Å². The van der Waals surface area contributed by atoms with Crippen molar-refractivity contribution in [3.8, 4) is 0 Å². The molecule has 1 aromatic carbocycles. The first-order valence-electron chi connectivity index (χ1n) is 7.02. The van der Waals surface area contributed by atoms with Gasteiger partial charge < -0.3 is 15.0 Å². The maximum absolute atomic E-state index is 5.55. The number of hydrogen-bond donors (Lipinski definition) is 1. The van der Waals surface area contributed by atoms with E-state index in [0.29, 0.717) is 0 Å². The predicted molar refractivity (Wildman–Crippen MR) is 82.8 cm³/mol. The largest absolute Gasteiger partial charge is 0.379 e. The summed E-state index contributed by atoms with van der Waals surface area (Å²) in [5.41, 5.74) is 1.23. The van der Waals surface area contributed by atoms with Gasteiger partial charge in [0.15, 0.2) is 0 Å². The Balaban J connectivity index is 1.73. The Morgan fingerprint density at radius 1 is 1.15 bits per heavy atom. The Morgan fingerprint density at radius 3 is 2.85 bits per heavy atom. The molecule has 2 rings (SSSR count). The van der Waals surface area contributed by atoms with Crippen molar-refractivity contribution in [3.63, 3.8) is 0 Å². The zero-order chi connectivity index (χ0) is 14.2. The maximum atomic E-state index is 5.55. The summed E-state index contributed by atoms with van der Waals surface area (Å²) in [6.45, 7) is 4.17. The van der Waals surface area contributed by atoms with Gasteiger partial charge in [-0.05, 0) is 25.0 Å². The highest BCUT2D eigenvalue weighted by atomic mass is 16.5. The van der Waals surface area contributed by atoms with Crippen LogP contribution in [0.3, 0.4) is 0 Å². The van der Waals surface area contributed by atoms with Gasteiger partial charge in [0.2, 0.25) is 0 Å². The van der Waals surface area contributed by atoms with Crippen molar-refractivity contribution in [2.75, 3.05) is 40.4 Å². The molecule has 0 amide bonds.